The summed E-state index contributed by atoms with van der Waals surface area (Å²) in [6, 6.07) is 1.98. The lowest BCUT2D eigenvalue weighted by atomic mass is 9.87. The Morgan fingerprint density at radius 1 is 1.56 bits per heavy atom. The Bertz CT molecular complexity index is 478. The number of aromatic nitrogens is 2. The van der Waals surface area contributed by atoms with Crippen molar-refractivity contribution in [3.8, 4) is 0 Å². The Morgan fingerprint density at radius 2 is 2.28 bits per heavy atom. The second-order valence-electron chi connectivity index (χ2n) is 5.23. The molecule has 98 valence electrons. The largest absolute Gasteiger partial charge is 0.481 e. The molecule has 0 saturated heterocycles. The van der Waals surface area contributed by atoms with Gasteiger partial charge in [-0.3, -0.25) is 4.79 Å². The summed E-state index contributed by atoms with van der Waals surface area (Å²) >= 11 is 1.52. The van der Waals surface area contributed by atoms with Crippen LogP contribution >= 0.6 is 11.8 Å². The van der Waals surface area contributed by atoms with Gasteiger partial charge in [-0.15, -0.1) is 0 Å². The van der Waals surface area contributed by atoms with E-state index in [1.807, 2.05) is 26.2 Å². The number of carbonyl (C=O) groups is 1. The normalized spacial score (nSPS) is 27.4. The number of aryl methyl sites for hydroxylation is 1. The number of thioether (sulfide) groups is 1. The van der Waals surface area contributed by atoms with Gasteiger partial charge >= 0.3 is 5.97 Å². The van der Waals surface area contributed by atoms with Crippen molar-refractivity contribution in [2.45, 2.75) is 44.2 Å². The van der Waals surface area contributed by atoms with Gasteiger partial charge in [-0.25, -0.2) is 9.97 Å². The summed E-state index contributed by atoms with van der Waals surface area (Å²) in [4.78, 5) is 20.1. The average molecular weight is 266 g/mol. The molecule has 1 aliphatic rings. The maximum Gasteiger partial charge on any atom is 0.309 e. The van der Waals surface area contributed by atoms with Crippen LogP contribution < -0.4 is 0 Å². The van der Waals surface area contributed by atoms with Crippen LogP contribution in [0, 0.1) is 12.3 Å². The molecule has 1 aliphatic carbocycles. The Hall–Kier alpha value is -1.10. The Morgan fingerprint density at radius 3 is 2.83 bits per heavy atom. The molecule has 0 aliphatic heterocycles. The van der Waals surface area contributed by atoms with Crippen molar-refractivity contribution in [2.24, 2.45) is 5.41 Å². The summed E-state index contributed by atoms with van der Waals surface area (Å²) in [6.07, 6.45) is 4.25. The monoisotopic (exact) mass is 266 g/mol. The minimum Gasteiger partial charge on any atom is -0.481 e. The maximum atomic E-state index is 11.3. The minimum atomic E-state index is -0.694. The molecule has 0 spiro atoms. The number of rotatable bonds is 3. The first-order valence-electron chi connectivity index (χ1n) is 6.07. The lowest BCUT2D eigenvalue weighted by Crippen LogP contribution is -2.23. The van der Waals surface area contributed by atoms with Crippen LogP contribution in [-0.4, -0.2) is 27.3 Å². The van der Waals surface area contributed by atoms with Gasteiger partial charge < -0.3 is 5.11 Å². The van der Waals surface area contributed by atoms with E-state index in [0.717, 1.165) is 29.4 Å². The predicted octanol–water partition coefficient (Wildman–Crippen LogP) is 2.87. The van der Waals surface area contributed by atoms with Crippen LogP contribution in [0.4, 0.5) is 0 Å². The van der Waals surface area contributed by atoms with E-state index in [9.17, 15) is 9.90 Å². The lowest BCUT2D eigenvalue weighted by Gasteiger charge is -2.18. The molecule has 2 rings (SSSR count). The highest BCUT2D eigenvalue weighted by Gasteiger charge is 2.42. The SMILES string of the molecule is CSc1nc(C)cc(C2CC[C@](C)(C(=O)O)C2)n1. The van der Waals surface area contributed by atoms with E-state index < -0.39 is 11.4 Å². The minimum absolute atomic E-state index is 0.249. The number of carboxylic acid groups (broad SMARTS) is 1. The molecule has 1 aromatic rings. The lowest BCUT2D eigenvalue weighted by molar-refractivity contribution is -0.147. The Kier molecular flexibility index (Phi) is 3.61. The van der Waals surface area contributed by atoms with Crippen LogP contribution in [0.3, 0.4) is 0 Å². The molecular weight excluding hydrogens is 248 g/mol. The van der Waals surface area contributed by atoms with Crippen molar-refractivity contribution in [1.82, 2.24) is 9.97 Å². The summed E-state index contributed by atoms with van der Waals surface area (Å²) in [5.74, 6) is -0.445. The molecule has 5 heteroatoms. The molecule has 18 heavy (non-hydrogen) atoms. The molecule has 1 fully saturated rings. The zero-order valence-electron chi connectivity index (χ0n) is 10.9. The van der Waals surface area contributed by atoms with Gasteiger partial charge in [-0.05, 0) is 45.4 Å². The standard InChI is InChI=1S/C13H18N2O2S/c1-8-6-10(15-12(14-8)18-3)9-4-5-13(2,7-9)11(16)17/h6,9H,4-5,7H2,1-3H3,(H,16,17)/t9?,13-/m0/s1. The van der Waals surface area contributed by atoms with Crippen LogP contribution in [0.5, 0.6) is 0 Å². The van der Waals surface area contributed by atoms with E-state index in [2.05, 4.69) is 9.97 Å². The molecule has 2 atom stereocenters. The Balaban J connectivity index is 2.24. The van der Waals surface area contributed by atoms with Crippen LogP contribution in [0.15, 0.2) is 11.2 Å². The quantitative estimate of drug-likeness (QED) is 0.673. The van der Waals surface area contributed by atoms with E-state index in [-0.39, 0.29) is 5.92 Å². The summed E-state index contributed by atoms with van der Waals surface area (Å²) in [5.41, 5.74) is 1.35. The molecule has 1 aromatic heterocycles. The van der Waals surface area contributed by atoms with Crippen LogP contribution in [-0.2, 0) is 4.79 Å². The van der Waals surface area contributed by atoms with Gasteiger partial charge in [0.15, 0.2) is 5.16 Å². The van der Waals surface area contributed by atoms with Crippen molar-refractivity contribution in [3.63, 3.8) is 0 Å². The van der Waals surface area contributed by atoms with E-state index in [4.69, 9.17) is 0 Å². The smallest absolute Gasteiger partial charge is 0.309 e. The van der Waals surface area contributed by atoms with Crippen molar-refractivity contribution in [1.29, 1.82) is 0 Å². The summed E-state index contributed by atoms with van der Waals surface area (Å²) in [6.45, 7) is 3.79. The van der Waals surface area contributed by atoms with Gasteiger partial charge in [0.2, 0.25) is 0 Å². The zero-order chi connectivity index (χ0) is 13.3. The predicted molar refractivity (Wildman–Crippen MR) is 70.9 cm³/mol. The van der Waals surface area contributed by atoms with Crippen molar-refractivity contribution in [3.05, 3.63) is 17.5 Å². The third kappa shape index (κ3) is 2.51. The summed E-state index contributed by atoms with van der Waals surface area (Å²) < 4.78 is 0. The van der Waals surface area contributed by atoms with Gasteiger partial charge in [-0.2, -0.15) is 0 Å². The highest BCUT2D eigenvalue weighted by molar-refractivity contribution is 7.98. The first-order chi connectivity index (χ1) is 8.44. The number of nitrogens with zero attached hydrogens (tertiary/aromatic N) is 2. The highest BCUT2D eigenvalue weighted by atomic mass is 32.2. The van der Waals surface area contributed by atoms with Gasteiger partial charge in [0.1, 0.15) is 0 Å². The van der Waals surface area contributed by atoms with E-state index >= 15 is 0 Å². The van der Waals surface area contributed by atoms with Crippen LogP contribution in [0.1, 0.15) is 43.5 Å². The van der Waals surface area contributed by atoms with Gasteiger partial charge in [0.05, 0.1) is 5.41 Å². The topological polar surface area (TPSA) is 63.1 Å². The van der Waals surface area contributed by atoms with Crippen LogP contribution in [0.2, 0.25) is 0 Å². The molecule has 1 unspecified atom stereocenters. The molecule has 0 bridgehead atoms. The first-order valence-corrected chi connectivity index (χ1v) is 7.30. The van der Waals surface area contributed by atoms with E-state index in [0.29, 0.717) is 6.42 Å². The number of hydrogen-bond donors (Lipinski definition) is 1. The molecule has 4 nitrogen and oxygen atoms in total. The number of hydrogen-bond acceptors (Lipinski definition) is 4. The average Bonchev–Trinajstić information content (AvgIpc) is 2.72. The third-order valence-electron chi connectivity index (χ3n) is 3.71. The van der Waals surface area contributed by atoms with E-state index in [1.165, 1.54) is 11.8 Å². The van der Waals surface area contributed by atoms with E-state index in [1.54, 1.807) is 0 Å². The first kappa shape index (κ1) is 13.3. The maximum absolute atomic E-state index is 11.3. The number of carboxylic acids is 1. The second-order valence-corrected chi connectivity index (χ2v) is 6.00. The van der Waals surface area contributed by atoms with Gasteiger partial charge in [0.25, 0.3) is 0 Å². The zero-order valence-corrected chi connectivity index (χ0v) is 11.8. The summed E-state index contributed by atoms with van der Waals surface area (Å²) in [5, 5.41) is 10.0. The van der Waals surface area contributed by atoms with Gasteiger partial charge in [-0.1, -0.05) is 11.8 Å². The molecule has 1 N–H and O–H groups in total. The Labute approximate surface area is 111 Å². The fraction of sp³-hybridized carbons (Fsp3) is 0.615. The molecular formula is C13H18N2O2S. The molecule has 1 heterocycles. The molecule has 0 aromatic carbocycles. The third-order valence-corrected chi connectivity index (χ3v) is 4.26. The van der Waals surface area contributed by atoms with Gasteiger partial charge in [0, 0.05) is 17.3 Å². The fourth-order valence-electron chi connectivity index (χ4n) is 2.55. The van der Waals surface area contributed by atoms with Crippen molar-refractivity contribution in [2.75, 3.05) is 6.26 Å². The molecule has 0 radical (unpaired) electrons. The summed E-state index contributed by atoms with van der Waals surface area (Å²) in [7, 11) is 0. The fourth-order valence-corrected chi connectivity index (χ4v) is 2.98. The second kappa shape index (κ2) is 4.88. The van der Waals surface area contributed by atoms with Crippen molar-refractivity contribution >= 4 is 17.7 Å². The molecule has 0 amide bonds. The number of aliphatic carboxylic acids is 1. The molecule has 1 saturated carbocycles. The highest BCUT2D eigenvalue weighted by Crippen LogP contribution is 2.46. The van der Waals surface area contributed by atoms with Crippen LogP contribution in [0.25, 0.3) is 0 Å². The van der Waals surface area contributed by atoms with Crippen molar-refractivity contribution < 1.29 is 9.90 Å².